The molecule has 27 heavy (non-hydrogen) atoms. The van der Waals surface area contributed by atoms with Crippen LogP contribution >= 0.6 is 0 Å². The SMILES string of the molecule is COc1ccc2c3c1O[C@H]1C(OC)(OC)C[C@H](CO)C4C(C2)N(C)CCC341. The Morgan fingerprint density at radius 2 is 2.04 bits per heavy atom. The summed E-state index contributed by atoms with van der Waals surface area (Å²) in [7, 11) is 7.28. The average molecular weight is 375 g/mol. The lowest BCUT2D eigenvalue weighted by molar-refractivity contribution is -0.305. The molecule has 3 unspecified atom stereocenters. The smallest absolute Gasteiger partial charge is 0.206 e. The number of ether oxygens (including phenoxy) is 4. The predicted molar refractivity (Wildman–Crippen MR) is 99.3 cm³/mol. The van der Waals surface area contributed by atoms with Crippen molar-refractivity contribution < 1.29 is 24.1 Å². The van der Waals surface area contributed by atoms with Gasteiger partial charge in [-0.15, -0.1) is 0 Å². The Morgan fingerprint density at radius 3 is 2.70 bits per heavy atom. The molecule has 0 radical (unpaired) electrons. The largest absolute Gasteiger partial charge is 0.493 e. The number of likely N-dealkylation sites (tertiary alicyclic amines) is 1. The summed E-state index contributed by atoms with van der Waals surface area (Å²) in [5.41, 5.74) is 2.39. The van der Waals surface area contributed by atoms with Gasteiger partial charge in [0.1, 0.15) is 0 Å². The van der Waals surface area contributed by atoms with Crippen LogP contribution in [0.4, 0.5) is 0 Å². The lowest BCUT2D eigenvalue weighted by atomic mass is 9.48. The fourth-order valence-corrected chi connectivity index (χ4v) is 6.79. The first kappa shape index (κ1) is 17.7. The van der Waals surface area contributed by atoms with Crippen molar-refractivity contribution in [3.05, 3.63) is 23.3 Å². The monoisotopic (exact) mass is 375 g/mol. The summed E-state index contributed by atoms with van der Waals surface area (Å²) in [5.74, 6) is 1.16. The zero-order valence-electron chi connectivity index (χ0n) is 16.5. The van der Waals surface area contributed by atoms with Crippen molar-refractivity contribution in [2.75, 3.05) is 41.5 Å². The molecule has 1 spiro atoms. The van der Waals surface area contributed by atoms with Crippen LogP contribution in [-0.2, 0) is 21.3 Å². The van der Waals surface area contributed by atoms with Gasteiger partial charge in [0, 0.05) is 44.3 Å². The minimum atomic E-state index is -0.872. The highest BCUT2D eigenvalue weighted by atomic mass is 16.7. The van der Waals surface area contributed by atoms with E-state index in [1.165, 1.54) is 11.1 Å². The number of likely N-dealkylation sites (N-methyl/N-ethyl adjacent to an activating group) is 1. The van der Waals surface area contributed by atoms with Gasteiger partial charge >= 0.3 is 0 Å². The van der Waals surface area contributed by atoms with Crippen LogP contribution in [0.1, 0.15) is 24.0 Å². The zero-order valence-corrected chi connectivity index (χ0v) is 16.5. The molecule has 2 aliphatic heterocycles. The molecule has 148 valence electrons. The second-order valence-corrected chi connectivity index (χ2v) is 8.56. The summed E-state index contributed by atoms with van der Waals surface area (Å²) in [6.07, 6.45) is 2.33. The topological polar surface area (TPSA) is 60.4 Å². The normalized spacial score (nSPS) is 38.3. The molecule has 6 heteroatoms. The highest BCUT2D eigenvalue weighted by Gasteiger charge is 2.72. The van der Waals surface area contributed by atoms with E-state index in [9.17, 15) is 5.11 Å². The Bertz CT molecular complexity index is 763. The van der Waals surface area contributed by atoms with E-state index in [0.717, 1.165) is 30.9 Å². The maximum atomic E-state index is 10.3. The van der Waals surface area contributed by atoms with E-state index >= 15 is 0 Å². The van der Waals surface area contributed by atoms with Gasteiger partial charge in [-0.25, -0.2) is 0 Å². The van der Waals surface area contributed by atoms with Gasteiger partial charge in [0.15, 0.2) is 17.6 Å². The number of piperidine rings is 1. The van der Waals surface area contributed by atoms with Crippen LogP contribution in [0, 0.1) is 11.8 Å². The Morgan fingerprint density at radius 1 is 1.26 bits per heavy atom. The lowest BCUT2D eigenvalue weighted by Gasteiger charge is -2.63. The number of hydrogen-bond donors (Lipinski definition) is 1. The van der Waals surface area contributed by atoms with Crippen molar-refractivity contribution in [2.24, 2.45) is 11.8 Å². The van der Waals surface area contributed by atoms with Crippen LogP contribution in [0.3, 0.4) is 0 Å². The quantitative estimate of drug-likeness (QED) is 0.807. The third kappa shape index (κ3) is 1.95. The molecule has 2 aliphatic carbocycles. The predicted octanol–water partition coefficient (Wildman–Crippen LogP) is 1.57. The summed E-state index contributed by atoms with van der Waals surface area (Å²) >= 11 is 0. The Labute approximate surface area is 160 Å². The van der Waals surface area contributed by atoms with Gasteiger partial charge in [-0.1, -0.05) is 6.07 Å². The van der Waals surface area contributed by atoms with E-state index in [1.807, 2.05) is 6.07 Å². The van der Waals surface area contributed by atoms with Crippen LogP contribution in [-0.4, -0.2) is 69.5 Å². The van der Waals surface area contributed by atoms with Gasteiger partial charge < -0.3 is 29.0 Å². The maximum Gasteiger partial charge on any atom is 0.206 e. The molecular formula is C21H29NO5. The average Bonchev–Trinajstić information content (AvgIpc) is 3.05. The molecule has 0 amide bonds. The first-order chi connectivity index (χ1) is 13.1. The molecule has 4 aliphatic rings. The maximum absolute atomic E-state index is 10.3. The standard InChI is InChI=1S/C21H29NO5/c1-22-8-7-20-16-13(11-23)10-21(25-3,26-4)19(20)27-18-15(24-2)6-5-12(17(18)20)9-14(16)22/h5-6,13-14,16,19,23H,7-11H2,1-4H3/t13-,14?,16?,19-,20?/m1/s1. The molecule has 5 rings (SSSR count). The number of benzene rings is 1. The summed E-state index contributed by atoms with van der Waals surface area (Å²) in [6.45, 7) is 1.13. The first-order valence-corrected chi connectivity index (χ1v) is 9.84. The summed E-state index contributed by atoms with van der Waals surface area (Å²) < 4.78 is 24.3. The fraction of sp³-hybridized carbons (Fsp3) is 0.714. The molecule has 2 fully saturated rings. The lowest BCUT2D eigenvalue weighted by Crippen LogP contribution is -2.73. The number of rotatable bonds is 4. The van der Waals surface area contributed by atoms with E-state index in [4.69, 9.17) is 18.9 Å². The van der Waals surface area contributed by atoms with Crippen molar-refractivity contribution in [3.63, 3.8) is 0 Å². The molecule has 2 bridgehead atoms. The number of methoxy groups -OCH3 is 3. The Kier molecular flexibility index (Phi) is 3.83. The molecule has 1 aromatic carbocycles. The highest BCUT2D eigenvalue weighted by Crippen LogP contribution is 2.67. The third-order valence-corrected chi connectivity index (χ3v) is 7.86. The van der Waals surface area contributed by atoms with Gasteiger partial charge in [-0.05, 0) is 49.9 Å². The van der Waals surface area contributed by atoms with E-state index in [-0.39, 0.29) is 24.0 Å². The van der Waals surface area contributed by atoms with E-state index < -0.39 is 5.79 Å². The van der Waals surface area contributed by atoms with Gasteiger partial charge in [-0.3, -0.25) is 0 Å². The van der Waals surface area contributed by atoms with Gasteiger partial charge in [0.05, 0.1) is 7.11 Å². The molecule has 1 saturated heterocycles. The van der Waals surface area contributed by atoms with Crippen LogP contribution in [0.15, 0.2) is 12.1 Å². The number of aliphatic hydroxyl groups excluding tert-OH is 1. The Balaban J connectivity index is 1.81. The minimum Gasteiger partial charge on any atom is -0.493 e. The molecule has 1 N–H and O–H groups in total. The van der Waals surface area contributed by atoms with Crippen molar-refractivity contribution in [3.8, 4) is 11.5 Å². The second-order valence-electron chi connectivity index (χ2n) is 8.56. The number of nitrogens with zero attached hydrogens (tertiary/aromatic N) is 1. The van der Waals surface area contributed by atoms with E-state index in [0.29, 0.717) is 18.4 Å². The zero-order chi connectivity index (χ0) is 19.0. The van der Waals surface area contributed by atoms with Crippen LogP contribution < -0.4 is 9.47 Å². The third-order valence-electron chi connectivity index (χ3n) is 7.86. The van der Waals surface area contributed by atoms with Crippen LogP contribution in [0.5, 0.6) is 11.5 Å². The van der Waals surface area contributed by atoms with Crippen LogP contribution in [0.2, 0.25) is 0 Å². The number of aliphatic hydroxyl groups is 1. The summed E-state index contributed by atoms with van der Waals surface area (Å²) in [5, 5.41) is 10.3. The van der Waals surface area contributed by atoms with E-state index in [1.54, 1.807) is 21.3 Å². The highest BCUT2D eigenvalue weighted by molar-refractivity contribution is 5.61. The van der Waals surface area contributed by atoms with Crippen molar-refractivity contribution in [2.45, 2.75) is 42.6 Å². The van der Waals surface area contributed by atoms with Crippen molar-refractivity contribution in [1.29, 1.82) is 0 Å². The van der Waals surface area contributed by atoms with E-state index in [2.05, 4.69) is 18.0 Å². The summed E-state index contributed by atoms with van der Waals surface area (Å²) in [4.78, 5) is 2.47. The first-order valence-electron chi connectivity index (χ1n) is 9.84. The minimum absolute atomic E-state index is 0.0998. The molecule has 2 heterocycles. The molecule has 0 aromatic heterocycles. The summed E-state index contributed by atoms with van der Waals surface area (Å²) in [6, 6.07) is 4.60. The van der Waals surface area contributed by atoms with Gasteiger partial charge in [0.2, 0.25) is 5.79 Å². The van der Waals surface area contributed by atoms with Crippen molar-refractivity contribution in [1.82, 2.24) is 4.90 Å². The Hall–Kier alpha value is -1.34. The number of hydrogen-bond acceptors (Lipinski definition) is 6. The van der Waals surface area contributed by atoms with Crippen molar-refractivity contribution >= 4 is 0 Å². The molecule has 1 saturated carbocycles. The molecule has 1 aromatic rings. The fourth-order valence-electron chi connectivity index (χ4n) is 6.79. The molecule has 6 nitrogen and oxygen atoms in total. The molecular weight excluding hydrogens is 346 g/mol. The van der Waals surface area contributed by atoms with Gasteiger partial charge in [-0.2, -0.15) is 0 Å². The second kappa shape index (κ2) is 5.83. The molecule has 5 atom stereocenters. The van der Waals surface area contributed by atoms with Crippen LogP contribution in [0.25, 0.3) is 0 Å². The van der Waals surface area contributed by atoms with Gasteiger partial charge in [0.25, 0.3) is 0 Å².